The highest BCUT2D eigenvalue weighted by molar-refractivity contribution is 5.74. The van der Waals surface area contributed by atoms with E-state index in [1.165, 1.54) is 7.11 Å². The Hall–Kier alpha value is -8.65. The summed E-state index contributed by atoms with van der Waals surface area (Å²) < 4.78 is 102. The molecule has 5 saturated heterocycles. The van der Waals surface area contributed by atoms with E-state index in [1.54, 1.807) is 146 Å². The largest absolute Gasteiger partial charge is 0.479 e. The Morgan fingerprint density at radius 3 is 1.05 bits per heavy atom. The van der Waals surface area contributed by atoms with Crippen LogP contribution in [0.1, 0.15) is 33.4 Å². The van der Waals surface area contributed by atoms with E-state index >= 15 is 0 Å². The Morgan fingerprint density at radius 2 is 0.645 bits per heavy atom. The van der Waals surface area contributed by atoms with Gasteiger partial charge in [-0.25, -0.2) is 9.59 Å². The van der Waals surface area contributed by atoms with Crippen LogP contribution >= 0.6 is 0 Å². The van der Waals surface area contributed by atoms with Crippen molar-refractivity contribution in [2.24, 2.45) is 15.3 Å². The van der Waals surface area contributed by atoms with Crippen LogP contribution in [0.25, 0.3) is 31.3 Å². The van der Waals surface area contributed by atoms with Crippen LogP contribution in [0.5, 0.6) is 0 Å². The molecule has 5 aliphatic heterocycles. The first kappa shape index (κ1) is 79.4. The fraction of sp³-hybridized carbons (Fsp3) is 0.479. The van der Waals surface area contributed by atoms with Crippen LogP contribution < -0.4 is 0 Å². The third-order valence-corrected chi connectivity index (χ3v) is 18.6. The standard InChI is InChI=1S/C73H83N9O25/c1-92-69-51(78-81-75)59(95-37-43-24-12-4-13-25-43)57(49(34-85)99-69)103-72-54(87)60(96-38-44-26-14-5-15-27-44)62(64(106-72)67(88)89)104-70-50(77-80-74)53(86)55(47(32-83)100-70)102-73-66(98-40-46-30-18-7-19-31-46)61(97-39-45-28-16-6-17-29-45)63(65(107-73)68(90)91)105-71-52(79-82-76)58(94-36-42-22-10-3-11-23-42)56(48(33-84)101-71)93-35-41-20-8-2-9-21-41/h2-31,47-66,69-73,83-87H,32-40H2,1H3,(H,88,89)(H,90,91)/t47?,48?,49?,50-,51-,52?,53?,54?,55+,56+,57+,58-,59?,60+,61+,62-,63-,64?,65?,66?,69-,70+,71+,72-,73-/m1/s1. The lowest BCUT2D eigenvalue weighted by atomic mass is 9.93. The number of aliphatic carboxylic acids is 2. The van der Waals surface area contributed by atoms with Crippen LogP contribution in [-0.4, -0.2) is 228 Å². The molecule has 5 heterocycles. The number of nitrogens with zero attached hydrogens (tertiary/aromatic N) is 9. The van der Waals surface area contributed by atoms with Crippen molar-refractivity contribution in [1.29, 1.82) is 0 Å². The molecule has 25 atom stereocenters. The molecule has 6 aromatic rings. The van der Waals surface area contributed by atoms with Gasteiger partial charge in [-0.2, -0.15) is 0 Å². The van der Waals surface area contributed by atoms with Crippen LogP contribution in [-0.2, 0) is 125 Å². The number of carbonyl (C=O) groups is 2. The minimum Gasteiger partial charge on any atom is -0.479 e. The van der Waals surface area contributed by atoms with E-state index in [-0.39, 0.29) is 39.6 Å². The van der Waals surface area contributed by atoms with Crippen molar-refractivity contribution in [3.8, 4) is 0 Å². The topological polar surface area (TPSA) is 470 Å². The first-order chi connectivity index (χ1) is 52.3. The number of methoxy groups -OCH3 is 1. The highest BCUT2D eigenvalue weighted by Crippen LogP contribution is 2.41. The van der Waals surface area contributed by atoms with E-state index in [0.717, 1.165) is 5.56 Å². The van der Waals surface area contributed by atoms with E-state index in [2.05, 4.69) is 30.1 Å². The highest BCUT2D eigenvalue weighted by atomic mass is 16.8. The zero-order valence-corrected chi connectivity index (χ0v) is 57.6. The second-order valence-corrected chi connectivity index (χ2v) is 25.5. The monoisotopic (exact) mass is 1490 g/mol. The van der Waals surface area contributed by atoms with E-state index in [0.29, 0.717) is 27.8 Å². The van der Waals surface area contributed by atoms with E-state index in [9.17, 15) is 61.9 Å². The molecule has 34 heteroatoms. The molecule has 0 bridgehead atoms. The van der Waals surface area contributed by atoms with Crippen molar-refractivity contribution >= 4 is 11.9 Å². The van der Waals surface area contributed by atoms with Crippen LogP contribution in [0.2, 0.25) is 0 Å². The average Bonchev–Trinajstić information content (AvgIpc) is 0.765. The van der Waals surface area contributed by atoms with Crippen LogP contribution in [0.15, 0.2) is 197 Å². The molecular weight excluding hydrogens is 1400 g/mol. The van der Waals surface area contributed by atoms with Crippen LogP contribution in [0.3, 0.4) is 0 Å². The zero-order chi connectivity index (χ0) is 75.2. The van der Waals surface area contributed by atoms with Crippen LogP contribution in [0.4, 0.5) is 0 Å². The van der Waals surface area contributed by atoms with Gasteiger partial charge in [0.2, 0.25) is 0 Å². The van der Waals surface area contributed by atoms with E-state index in [4.69, 9.17) is 75.8 Å². The second kappa shape index (κ2) is 39.5. The molecule has 107 heavy (non-hydrogen) atoms. The van der Waals surface area contributed by atoms with Crippen molar-refractivity contribution < 1.29 is 121 Å². The smallest absolute Gasteiger partial charge is 0.335 e. The Labute approximate surface area is 612 Å². The Balaban J connectivity index is 0.913. The lowest BCUT2D eigenvalue weighted by Gasteiger charge is -2.51. The fourth-order valence-corrected chi connectivity index (χ4v) is 13.3. The van der Waals surface area contributed by atoms with Crippen molar-refractivity contribution in [3.05, 3.63) is 247 Å². The highest BCUT2D eigenvalue weighted by Gasteiger charge is 2.60. The Morgan fingerprint density at radius 1 is 0.346 bits per heavy atom. The summed E-state index contributed by atoms with van der Waals surface area (Å²) in [6, 6.07) is 47.9. The number of hydrogen-bond acceptors (Lipinski definition) is 26. The summed E-state index contributed by atoms with van der Waals surface area (Å²) in [6.45, 7) is -3.62. The van der Waals surface area contributed by atoms with Gasteiger partial charge >= 0.3 is 11.9 Å². The summed E-state index contributed by atoms with van der Waals surface area (Å²) >= 11 is 0. The third kappa shape index (κ3) is 20.0. The quantitative estimate of drug-likeness (QED) is 0.0132. The number of carboxylic acids is 2. The molecule has 0 aromatic heterocycles. The fourth-order valence-electron chi connectivity index (χ4n) is 13.3. The molecule has 34 nitrogen and oxygen atoms in total. The summed E-state index contributed by atoms with van der Waals surface area (Å²) in [5.74, 6) is -3.44. The first-order valence-electron chi connectivity index (χ1n) is 34.4. The maximum Gasteiger partial charge on any atom is 0.335 e. The predicted octanol–water partition coefficient (Wildman–Crippen LogP) is 6.22. The number of carboxylic acid groups (broad SMARTS) is 2. The van der Waals surface area contributed by atoms with Gasteiger partial charge in [0.05, 0.1) is 65.6 Å². The van der Waals surface area contributed by atoms with Gasteiger partial charge in [0, 0.05) is 21.8 Å². The molecule has 11 rings (SSSR count). The predicted molar refractivity (Wildman–Crippen MR) is 367 cm³/mol. The number of aliphatic hydroxyl groups is 5. The van der Waals surface area contributed by atoms with Gasteiger partial charge in [-0.1, -0.05) is 197 Å². The maximum absolute atomic E-state index is 14.1. The summed E-state index contributed by atoms with van der Waals surface area (Å²) in [6.07, 6.45) is -38.5. The molecule has 5 fully saturated rings. The van der Waals surface area contributed by atoms with Crippen molar-refractivity contribution in [2.75, 3.05) is 26.9 Å². The summed E-state index contributed by atoms with van der Waals surface area (Å²) in [5.41, 5.74) is 34.1. The van der Waals surface area contributed by atoms with Gasteiger partial charge in [-0.3, -0.25) is 0 Å². The number of azide groups is 3. The van der Waals surface area contributed by atoms with Gasteiger partial charge < -0.3 is 112 Å². The Kier molecular flexibility index (Phi) is 29.3. The second-order valence-electron chi connectivity index (χ2n) is 25.5. The van der Waals surface area contributed by atoms with Gasteiger partial charge in [-0.05, 0) is 50.0 Å². The zero-order valence-electron chi connectivity index (χ0n) is 57.6. The molecule has 0 amide bonds. The number of rotatable bonds is 35. The lowest BCUT2D eigenvalue weighted by Crippen LogP contribution is -2.69. The van der Waals surface area contributed by atoms with Crippen molar-refractivity contribution in [3.63, 3.8) is 0 Å². The molecule has 0 saturated carbocycles. The summed E-state index contributed by atoms with van der Waals surface area (Å²) in [7, 11) is 1.27. The van der Waals surface area contributed by atoms with Gasteiger partial charge in [0.1, 0.15) is 104 Å². The number of benzene rings is 6. The molecule has 570 valence electrons. The first-order valence-corrected chi connectivity index (χ1v) is 34.4. The molecule has 7 N–H and O–H groups in total. The molecule has 0 aliphatic carbocycles. The molecule has 6 aromatic carbocycles. The normalized spacial score (nSPS) is 32.8. The average molecular weight is 1490 g/mol. The van der Waals surface area contributed by atoms with Gasteiger partial charge in [0.15, 0.2) is 43.7 Å². The molecule has 0 spiro atoms. The number of hydrogen-bond donors (Lipinski definition) is 7. The van der Waals surface area contributed by atoms with Crippen molar-refractivity contribution in [2.45, 2.75) is 193 Å². The Bertz CT molecular complexity index is 3870. The molecule has 10 unspecified atom stereocenters. The number of ether oxygens (including phenoxy) is 16. The van der Waals surface area contributed by atoms with Gasteiger partial charge in [-0.15, -0.1) is 0 Å². The van der Waals surface area contributed by atoms with E-state index < -0.39 is 185 Å². The molecular formula is C73H83N9O25. The molecule has 0 radical (unpaired) electrons. The minimum absolute atomic E-state index is 0.0138. The molecule has 5 aliphatic rings. The third-order valence-electron chi connectivity index (χ3n) is 18.6. The summed E-state index contributed by atoms with van der Waals surface area (Å²) in [4.78, 5) is 36.9. The lowest BCUT2D eigenvalue weighted by molar-refractivity contribution is -0.382. The SMILES string of the molecule is CO[C@@H]1OC(CO)[C@H](O[C@@H]2OC(C(=O)O)[C@H](O[C@@H]3OC(CO)[C@H](O[C@@H]4OC(C(=O)O)[C@H](O[C@@H]5OC(CO)[C@H](OCc6ccccc6)[C@H](OCc6ccccc6)C5N=[N+]=[N-])[C@H](OCc5ccccc5)C4OCc4ccccc4)C(O)[C@H]3N=[N+]=[N-])[C@@H](OCc3ccccc3)C2O)C(OCc2ccccc2)[C@H]1N=[N+]=[N-]. The maximum atomic E-state index is 14.1. The summed E-state index contributed by atoms with van der Waals surface area (Å²) in [5, 5.41) is 93.1. The van der Waals surface area contributed by atoms with Crippen LogP contribution in [0, 0.1) is 0 Å². The van der Waals surface area contributed by atoms with Gasteiger partial charge in [0.25, 0.3) is 0 Å². The number of aliphatic hydroxyl groups excluding tert-OH is 5. The minimum atomic E-state index is -2.23. The van der Waals surface area contributed by atoms with E-state index in [1.807, 2.05) is 36.4 Å². The van der Waals surface area contributed by atoms with Crippen molar-refractivity contribution in [1.82, 2.24) is 0 Å².